The van der Waals surface area contributed by atoms with E-state index in [0.29, 0.717) is 12.8 Å². The Morgan fingerprint density at radius 1 is 0.338 bits per heavy atom. The number of hydrogen-bond acceptors (Lipinski definition) is 6. The Hall–Kier alpha value is -3.93. The first-order valence-electron chi connectivity index (χ1n) is 26.4. The summed E-state index contributed by atoms with van der Waals surface area (Å²) in [7, 11) is 0. The van der Waals surface area contributed by atoms with Crippen molar-refractivity contribution in [2.24, 2.45) is 0 Å². The van der Waals surface area contributed by atoms with Crippen molar-refractivity contribution in [1.29, 1.82) is 0 Å². The largest absolute Gasteiger partial charge is 0.462 e. The molecule has 6 heteroatoms. The monoisotopic (exact) mass is 901 g/mol. The molecule has 0 bridgehead atoms. The van der Waals surface area contributed by atoms with E-state index in [9.17, 15) is 14.4 Å². The van der Waals surface area contributed by atoms with Crippen LogP contribution in [0.15, 0.2) is 109 Å². The van der Waals surface area contributed by atoms with Gasteiger partial charge < -0.3 is 14.2 Å². The topological polar surface area (TPSA) is 78.9 Å². The number of ether oxygens (including phenoxy) is 3. The van der Waals surface area contributed by atoms with Gasteiger partial charge in [-0.25, -0.2) is 0 Å². The van der Waals surface area contributed by atoms with Crippen molar-refractivity contribution < 1.29 is 28.6 Å². The third kappa shape index (κ3) is 50.9. The van der Waals surface area contributed by atoms with Gasteiger partial charge in [-0.2, -0.15) is 0 Å². The molecule has 0 spiro atoms. The average molecular weight is 901 g/mol. The summed E-state index contributed by atoms with van der Waals surface area (Å²) >= 11 is 0. The minimum atomic E-state index is -0.817. The van der Waals surface area contributed by atoms with Crippen molar-refractivity contribution in [3.05, 3.63) is 109 Å². The van der Waals surface area contributed by atoms with E-state index in [0.717, 1.165) is 103 Å². The molecule has 0 aromatic heterocycles. The zero-order chi connectivity index (χ0) is 47.2. The van der Waals surface area contributed by atoms with E-state index in [-0.39, 0.29) is 44.0 Å². The average Bonchev–Trinajstić information content (AvgIpc) is 3.30. The van der Waals surface area contributed by atoms with Gasteiger partial charge in [-0.1, -0.05) is 226 Å². The summed E-state index contributed by atoms with van der Waals surface area (Å²) in [5, 5.41) is 0. The molecule has 0 aliphatic carbocycles. The first kappa shape index (κ1) is 61.1. The molecule has 0 aromatic carbocycles. The van der Waals surface area contributed by atoms with Crippen LogP contribution in [-0.4, -0.2) is 37.2 Å². The fourth-order valence-corrected chi connectivity index (χ4v) is 6.93. The van der Waals surface area contributed by atoms with Crippen molar-refractivity contribution in [1.82, 2.24) is 0 Å². The van der Waals surface area contributed by atoms with Crippen molar-refractivity contribution in [3.8, 4) is 0 Å². The molecule has 0 saturated carbocycles. The molecule has 0 radical (unpaired) electrons. The number of rotatable bonds is 46. The van der Waals surface area contributed by atoms with Gasteiger partial charge in [0.2, 0.25) is 0 Å². The van der Waals surface area contributed by atoms with Crippen LogP contribution in [0.4, 0.5) is 0 Å². The third-order valence-corrected chi connectivity index (χ3v) is 10.9. The summed E-state index contributed by atoms with van der Waals surface area (Å²) in [5.74, 6) is -1.01. The summed E-state index contributed by atoms with van der Waals surface area (Å²) < 4.78 is 16.7. The fraction of sp³-hybridized carbons (Fsp3) is 0.644. The standard InChI is InChI=1S/C59H96O6/c1-4-7-10-13-16-19-22-25-27-28-29-30-32-34-37-40-43-46-49-52-58(61)64-55-56(54-63-57(60)51-48-45-42-39-36-33-24-21-18-15-12-9-6-3)65-59(62)53-50-47-44-41-38-35-31-26-23-20-17-14-11-8-5-2/h7-8,10-11,14,16-17,19-20,23,25-27,31,33,36,42,45,56H,4-6,9,12-13,15,18,21-22,24,28-30,32,34-35,37-41,43-44,46-55H2,1-3H3/b10-7+,11-8+,17-14+,19-16+,23-20+,27-25+,31-26+,36-33+,45-42+. The van der Waals surface area contributed by atoms with Gasteiger partial charge in [0.1, 0.15) is 13.2 Å². The number of allylic oxidation sites excluding steroid dienone is 18. The predicted molar refractivity (Wildman–Crippen MR) is 279 cm³/mol. The second-order valence-corrected chi connectivity index (χ2v) is 17.1. The lowest BCUT2D eigenvalue weighted by atomic mass is 10.1. The molecule has 6 nitrogen and oxygen atoms in total. The molecular formula is C59H96O6. The van der Waals surface area contributed by atoms with Crippen LogP contribution in [0, 0.1) is 0 Å². The molecule has 1 atom stereocenters. The smallest absolute Gasteiger partial charge is 0.306 e. The molecular weight excluding hydrogens is 805 g/mol. The number of esters is 3. The first-order valence-corrected chi connectivity index (χ1v) is 26.4. The highest BCUT2D eigenvalue weighted by molar-refractivity contribution is 5.71. The molecule has 0 heterocycles. The first-order chi connectivity index (χ1) is 32.0. The Bertz CT molecular complexity index is 1360. The molecule has 368 valence electrons. The molecule has 0 amide bonds. The Kier molecular flexibility index (Phi) is 49.5. The van der Waals surface area contributed by atoms with Gasteiger partial charge in [-0.05, 0) is 89.9 Å². The fourth-order valence-electron chi connectivity index (χ4n) is 6.93. The van der Waals surface area contributed by atoms with Crippen LogP contribution in [0.5, 0.6) is 0 Å². The maximum absolute atomic E-state index is 12.8. The summed E-state index contributed by atoms with van der Waals surface area (Å²) in [6.07, 6.45) is 70.8. The van der Waals surface area contributed by atoms with Crippen molar-refractivity contribution in [2.75, 3.05) is 13.2 Å². The van der Waals surface area contributed by atoms with Crippen LogP contribution in [0.25, 0.3) is 0 Å². The second-order valence-electron chi connectivity index (χ2n) is 17.1. The maximum Gasteiger partial charge on any atom is 0.306 e. The third-order valence-electron chi connectivity index (χ3n) is 10.9. The van der Waals surface area contributed by atoms with Crippen molar-refractivity contribution in [3.63, 3.8) is 0 Å². The number of carbonyl (C=O) groups is 3. The zero-order valence-corrected chi connectivity index (χ0v) is 42.0. The Balaban J connectivity index is 4.47. The molecule has 1 unspecified atom stereocenters. The van der Waals surface area contributed by atoms with Crippen molar-refractivity contribution in [2.45, 2.75) is 232 Å². The van der Waals surface area contributed by atoms with Crippen LogP contribution in [-0.2, 0) is 28.6 Å². The summed E-state index contributed by atoms with van der Waals surface area (Å²) in [5.41, 5.74) is 0. The molecule has 0 N–H and O–H groups in total. The molecule has 0 aliphatic heterocycles. The number of unbranched alkanes of at least 4 members (excludes halogenated alkanes) is 20. The van der Waals surface area contributed by atoms with E-state index in [4.69, 9.17) is 14.2 Å². The Morgan fingerprint density at radius 2 is 0.708 bits per heavy atom. The summed E-state index contributed by atoms with van der Waals surface area (Å²) in [6.45, 7) is 6.30. The van der Waals surface area contributed by atoms with E-state index < -0.39 is 6.10 Å². The van der Waals surface area contributed by atoms with Crippen LogP contribution in [0.2, 0.25) is 0 Å². The maximum atomic E-state index is 12.8. The molecule has 65 heavy (non-hydrogen) atoms. The molecule has 0 aliphatic rings. The highest BCUT2D eigenvalue weighted by Gasteiger charge is 2.19. The summed E-state index contributed by atoms with van der Waals surface area (Å²) in [4.78, 5) is 38.0. The van der Waals surface area contributed by atoms with Crippen LogP contribution in [0.1, 0.15) is 226 Å². The van der Waals surface area contributed by atoms with E-state index in [1.807, 2.05) is 30.4 Å². The van der Waals surface area contributed by atoms with Crippen molar-refractivity contribution >= 4 is 17.9 Å². The van der Waals surface area contributed by atoms with E-state index in [2.05, 4.69) is 99.8 Å². The van der Waals surface area contributed by atoms with Gasteiger partial charge in [0.05, 0.1) is 0 Å². The minimum absolute atomic E-state index is 0.110. The second kappa shape index (κ2) is 52.7. The Morgan fingerprint density at radius 3 is 1.22 bits per heavy atom. The van der Waals surface area contributed by atoms with Gasteiger partial charge in [-0.3, -0.25) is 14.4 Å². The van der Waals surface area contributed by atoms with Crippen LogP contribution >= 0.6 is 0 Å². The highest BCUT2D eigenvalue weighted by atomic mass is 16.6. The summed E-state index contributed by atoms with van der Waals surface area (Å²) in [6, 6.07) is 0. The van der Waals surface area contributed by atoms with E-state index in [1.54, 1.807) is 0 Å². The predicted octanol–water partition coefficient (Wildman–Crippen LogP) is 17.5. The minimum Gasteiger partial charge on any atom is -0.462 e. The lowest BCUT2D eigenvalue weighted by Gasteiger charge is -2.18. The van der Waals surface area contributed by atoms with Gasteiger partial charge in [0.25, 0.3) is 0 Å². The van der Waals surface area contributed by atoms with E-state index >= 15 is 0 Å². The van der Waals surface area contributed by atoms with Crippen LogP contribution in [0.3, 0.4) is 0 Å². The van der Waals surface area contributed by atoms with Crippen LogP contribution < -0.4 is 0 Å². The molecule has 0 aromatic rings. The molecule has 0 rings (SSSR count). The normalized spacial score (nSPS) is 13.0. The quantitative estimate of drug-likeness (QED) is 0.0199. The number of carbonyl (C=O) groups excluding carboxylic acids is 3. The number of hydrogen-bond donors (Lipinski definition) is 0. The zero-order valence-electron chi connectivity index (χ0n) is 42.0. The highest BCUT2D eigenvalue weighted by Crippen LogP contribution is 2.14. The van der Waals surface area contributed by atoms with Gasteiger partial charge >= 0.3 is 17.9 Å². The van der Waals surface area contributed by atoms with E-state index in [1.165, 1.54) is 77.0 Å². The lowest BCUT2D eigenvalue weighted by Crippen LogP contribution is -2.30. The molecule has 0 saturated heterocycles. The lowest BCUT2D eigenvalue weighted by molar-refractivity contribution is -0.166. The van der Waals surface area contributed by atoms with Gasteiger partial charge in [0, 0.05) is 19.3 Å². The molecule has 0 fully saturated rings. The van der Waals surface area contributed by atoms with Gasteiger partial charge in [-0.15, -0.1) is 0 Å². The SMILES string of the molecule is CC/C=C/C=C/C=C/C=C/CCCCCCCC(=O)OC(COC(=O)CC/C=C/C/C=C/CCCCCCCC)COC(=O)CCCCCCCCCCC/C=C/C/C=C/C/C=C/CC. The Labute approximate surface area is 400 Å². The van der Waals surface area contributed by atoms with Gasteiger partial charge in [0.15, 0.2) is 6.10 Å².